The number of hydrogen-bond acceptors (Lipinski definition) is 2. The molecule has 0 amide bonds. The molecule has 1 aromatic carbocycles. The second kappa shape index (κ2) is 6.19. The number of halogens is 1. The molecule has 18 heavy (non-hydrogen) atoms. The first kappa shape index (κ1) is 15.0. The molecule has 0 heterocycles. The molecule has 1 unspecified atom stereocenters. The van der Waals surface area contributed by atoms with E-state index in [0.717, 1.165) is 18.8 Å². The molecule has 0 saturated heterocycles. The molecule has 0 radical (unpaired) electrons. The van der Waals surface area contributed by atoms with Crippen molar-refractivity contribution in [2.75, 3.05) is 25.0 Å². The highest BCUT2D eigenvalue weighted by molar-refractivity contribution is 5.45. The van der Waals surface area contributed by atoms with E-state index in [-0.39, 0.29) is 11.2 Å². The van der Waals surface area contributed by atoms with Crippen molar-refractivity contribution in [3.8, 4) is 0 Å². The Labute approximate surface area is 110 Å². The molecular formula is C15H25FN2. The smallest absolute Gasteiger partial charge is 0.123 e. The molecular weight excluding hydrogens is 227 g/mol. The summed E-state index contributed by atoms with van der Waals surface area (Å²) in [6.07, 6.45) is 0. The monoisotopic (exact) mass is 252 g/mol. The molecule has 1 rings (SSSR count). The number of rotatable bonds is 5. The van der Waals surface area contributed by atoms with Crippen LogP contribution in [0.3, 0.4) is 0 Å². The van der Waals surface area contributed by atoms with E-state index in [4.69, 9.17) is 0 Å². The fourth-order valence-corrected chi connectivity index (χ4v) is 1.97. The highest BCUT2D eigenvalue weighted by atomic mass is 19.1. The number of likely N-dealkylation sites (N-methyl/N-ethyl adjacent to an activating group) is 2. The average Bonchev–Trinajstić information content (AvgIpc) is 2.28. The van der Waals surface area contributed by atoms with Crippen LogP contribution in [0.1, 0.15) is 27.7 Å². The van der Waals surface area contributed by atoms with Crippen LogP contribution < -0.4 is 10.2 Å². The Bertz CT molecular complexity index is 354. The van der Waals surface area contributed by atoms with Crippen molar-refractivity contribution in [3.05, 3.63) is 30.1 Å². The zero-order chi connectivity index (χ0) is 13.8. The van der Waals surface area contributed by atoms with E-state index in [1.807, 2.05) is 19.2 Å². The molecule has 102 valence electrons. The Balaban J connectivity index is 2.72. The van der Waals surface area contributed by atoms with E-state index >= 15 is 0 Å². The van der Waals surface area contributed by atoms with Gasteiger partial charge in [-0.25, -0.2) is 4.39 Å². The summed E-state index contributed by atoms with van der Waals surface area (Å²) in [5.74, 6) is -0.189. The Morgan fingerprint density at radius 2 is 1.78 bits per heavy atom. The third kappa shape index (κ3) is 4.30. The summed E-state index contributed by atoms with van der Waals surface area (Å²) in [5.41, 5.74) is 1.24. The normalized spacial score (nSPS) is 13.4. The minimum Gasteiger partial charge on any atom is -0.373 e. The SMILES string of the molecule is CCNC(CN(C)c1ccc(F)cc1)C(C)(C)C. The van der Waals surface area contributed by atoms with Crippen LogP contribution in [-0.4, -0.2) is 26.2 Å². The maximum absolute atomic E-state index is 12.9. The number of nitrogens with zero attached hydrogens (tertiary/aromatic N) is 1. The largest absolute Gasteiger partial charge is 0.373 e. The summed E-state index contributed by atoms with van der Waals surface area (Å²) >= 11 is 0. The van der Waals surface area contributed by atoms with E-state index < -0.39 is 0 Å². The fraction of sp³-hybridized carbons (Fsp3) is 0.600. The topological polar surface area (TPSA) is 15.3 Å². The first-order valence-electron chi connectivity index (χ1n) is 6.54. The van der Waals surface area contributed by atoms with E-state index in [1.165, 1.54) is 12.1 Å². The molecule has 0 bridgehead atoms. The molecule has 2 nitrogen and oxygen atoms in total. The van der Waals surface area contributed by atoms with Gasteiger partial charge in [-0.3, -0.25) is 0 Å². The minimum absolute atomic E-state index is 0.189. The summed E-state index contributed by atoms with van der Waals surface area (Å²) in [4.78, 5) is 2.16. The Morgan fingerprint density at radius 1 is 1.22 bits per heavy atom. The third-order valence-corrected chi connectivity index (χ3v) is 3.22. The van der Waals surface area contributed by atoms with Crippen LogP contribution in [0.5, 0.6) is 0 Å². The zero-order valence-corrected chi connectivity index (χ0v) is 12.1. The maximum Gasteiger partial charge on any atom is 0.123 e. The van der Waals surface area contributed by atoms with Crippen molar-refractivity contribution in [2.24, 2.45) is 5.41 Å². The summed E-state index contributed by atoms with van der Waals surface area (Å²) in [6, 6.07) is 7.05. The fourth-order valence-electron chi connectivity index (χ4n) is 1.97. The highest BCUT2D eigenvalue weighted by Crippen LogP contribution is 2.22. The number of nitrogens with one attached hydrogen (secondary N) is 1. The summed E-state index contributed by atoms with van der Waals surface area (Å²) in [5, 5.41) is 3.52. The van der Waals surface area contributed by atoms with Gasteiger partial charge in [-0.1, -0.05) is 27.7 Å². The van der Waals surface area contributed by atoms with Crippen molar-refractivity contribution in [2.45, 2.75) is 33.7 Å². The van der Waals surface area contributed by atoms with Gasteiger partial charge in [0.15, 0.2) is 0 Å². The molecule has 0 aromatic heterocycles. The molecule has 1 aromatic rings. The molecule has 0 spiro atoms. The van der Waals surface area contributed by atoms with Crippen LogP contribution >= 0.6 is 0 Å². The van der Waals surface area contributed by atoms with Crippen molar-refractivity contribution in [1.29, 1.82) is 0 Å². The lowest BCUT2D eigenvalue weighted by molar-refractivity contribution is 0.275. The molecule has 1 atom stereocenters. The minimum atomic E-state index is -0.189. The Morgan fingerprint density at radius 3 is 2.22 bits per heavy atom. The van der Waals surface area contributed by atoms with Crippen LogP contribution in [0.15, 0.2) is 24.3 Å². The van der Waals surface area contributed by atoms with Crippen molar-refractivity contribution < 1.29 is 4.39 Å². The first-order chi connectivity index (χ1) is 8.34. The number of benzene rings is 1. The quantitative estimate of drug-likeness (QED) is 0.865. The lowest BCUT2D eigenvalue weighted by Gasteiger charge is -2.35. The Kier molecular flexibility index (Phi) is 5.15. The Hall–Kier alpha value is -1.09. The summed E-state index contributed by atoms with van der Waals surface area (Å²) < 4.78 is 12.9. The second-order valence-electron chi connectivity index (χ2n) is 5.83. The van der Waals surface area contributed by atoms with Gasteiger partial charge in [0.05, 0.1) is 0 Å². The zero-order valence-electron chi connectivity index (χ0n) is 12.1. The standard InChI is InChI=1S/C15H25FN2/c1-6-17-14(15(2,3)4)11-18(5)13-9-7-12(16)8-10-13/h7-10,14,17H,6,11H2,1-5H3. The number of hydrogen-bond donors (Lipinski definition) is 1. The lowest BCUT2D eigenvalue weighted by Crippen LogP contribution is -2.47. The maximum atomic E-state index is 12.9. The van der Waals surface area contributed by atoms with Gasteiger partial charge in [-0.15, -0.1) is 0 Å². The van der Waals surface area contributed by atoms with Crippen molar-refractivity contribution >= 4 is 5.69 Å². The second-order valence-corrected chi connectivity index (χ2v) is 5.83. The van der Waals surface area contributed by atoms with Crippen LogP contribution in [0.4, 0.5) is 10.1 Å². The van der Waals surface area contributed by atoms with Crippen LogP contribution in [0, 0.1) is 11.2 Å². The van der Waals surface area contributed by atoms with Gasteiger partial charge in [0.2, 0.25) is 0 Å². The predicted octanol–water partition coefficient (Wildman–Crippen LogP) is 3.29. The van der Waals surface area contributed by atoms with Crippen molar-refractivity contribution in [1.82, 2.24) is 5.32 Å². The molecule has 0 aliphatic carbocycles. The first-order valence-corrected chi connectivity index (χ1v) is 6.54. The molecule has 0 saturated carbocycles. The van der Waals surface area contributed by atoms with Crippen LogP contribution in [0.2, 0.25) is 0 Å². The van der Waals surface area contributed by atoms with Gasteiger partial charge in [-0.05, 0) is 36.2 Å². The average molecular weight is 252 g/mol. The van der Waals surface area contributed by atoms with E-state index in [9.17, 15) is 4.39 Å². The lowest BCUT2D eigenvalue weighted by atomic mass is 9.86. The van der Waals surface area contributed by atoms with Gasteiger partial charge in [-0.2, -0.15) is 0 Å². The van der Waals surface area contributed by atoms with Gasteiger partial charge >= 0.3 is 0 Å². The van der Waals surface area contributed by atoms with Crippen LogP contribution in [-0.2, 0) is 0 Å². The molecule has 3 heteroatoms. The third-order valence-electron chi connectivity index (χ3n) is 3.22. The molecule has 1 N–H and O–H groups in total. The molecule has 0 aliphatic heterocycles. The highest BCUT2D eigenvalue weighted by Gasteiger charge is 2.24. The van der Waals surface area contributed by atoms with Gasteiger partial charge in [0.25, 0.3) is 0 Å². The molecule has 0 aliphatic rings. The van der Waals surface area contributed by atoms with E-state index in [1.54, 1.807) is 0 Å². The number of anilines is 1. The van der Waals surface area contributed by atoms with Gasteiger partial charge in [0.1, 0.15) is 5.82 Å². The summed E-state index contributed by atoms with van der Waals surface area (Å²) in [7, 11) is 2.04. The van der Waals surface area contributed by atoms with E-state index in [2.05, 4.69) is 37.9 Å². The van der Waals surface area contributed by atoms with Crippen molar-refractivity contribution in [3.63, 3.8) is 0 Å². The van der Waals surface area contributed by atoms with Gasteiger partial charge in [0, 0.05) is 25.3 Å². The predicted molar refractivity (Wildman–Crippen MR) is 76.6 cm³/mol. The van der Waals surface area contributed by atoms with E-state index in [0.29, 0.717) is 6.04 Å². The summed E-state index contributed by atoms with van der Waals surface area (Å²) in [6.45, 7) is 10.7. The molecule has 0 fully saturated rings. The van der Waals surface area contributed by atoms with Crippen LogP contribution in [0.25, 0.3) is 0 Å². The van der Waals surface area contributed by atoms with Gasteiger partial charge < -0.3 is 10.2 Å².